The Kier molecular flexibility index (Phi) is 7.13. The van der Waals surface area contributed by atoms with Gasteiger partial charge in [-0.15, -0.1) is 0 Å². The van der Waals surface area contributed by atoms with E-state index in [0.29, 0.717) is 31.6 Å². The minimum Gasteiger partial charge on any atom is -0.360 e. The second kappa shape index (κ2) is 9.46. The molecule has 2 heterocycles. The first-order valence-corrected chi connectivity index (χ1v) is 11.7. The number of nitrogens with zero attached hydrogens (tertiary/aromatic N) is 3. The second-order valence-electron chi connectivity index (χ2n) is 8.14. The minimum absolute atomic E-state index is 0.0762. The molecule has 1 N–H and O–H groups in total. The third kappa shape index (κ3) is 5.13. The molecule has 1 aliphatic heterocycles. The Bertz CT molecular complexity index is 1020. The zero-order chi connectivity index (χ0) is 22.8. The number of benzene rings is 1. The summed E-state index contributed by atoms with van der Waals surface area (Å²) in [4.78, 5) is 14.8. The summed E-state index contributed by atoms with van der Waals surface area (Å²) in [6, 6.07) is 6.09. The van der Waals surface area contributed by atoms with E-state index >= 15 is 0 Å². The minimum atomic E-state index is -3.79. The number of halogens is 1. The van der Waals surface area contributed by atoms with Crippen LogP contribution < -0.4 is 5.32 Å². The summed E-state index contributed by atoms with van der Waals surface area (Å²) in [5, 5.41) is 6.67. The molecule has 1 aromatic carbocycles. The third-order valence-electron chi connectivity index (χ3n) is 5.65. The van der Waals surface area contributed by atoms with Gasteiger partial charge in [-0.3, -0.25) is 4.79 Å². The lowest BCUT2D eigenvalue weighted by Crippen LogP contribution is -2.46. The van der Waals surface area contributed by atoms with Crippen molar-refractivity contribution in [3.8, 4) is 0 Å². The third-order valence-corrected chi connectivity index (χ3v) is 7.76. The lowest BCUT2D eigenvalue weighted by Gasteiger charge is -2.32. The number of aromatic nitrogens is 1. The zero-order valence-corrected chi connectivity index (χ0v) is 19.1. The van der Waals surface area contributed by atoms with E-state index in [1.807, 2.05) is 25.1 Å². The topological polar surface area (TPSA) is 95.8 Å². The number of hydrogen-bond donors (Lipinski definition) is 1. The highest BCUT2D eigenvalue weighted by atomic mass is 32.2. The first kappa shape index (κ1) is 23.4. The smallest absolute Gasteiger partial charge is 0.248 e. The standard InChI is InChI=1S/C21H29FN4O4S/c1-14-20(15(2)30-24-14)31(28,29)26-10-6-8-17(13-26)21(27)23-12-19(25(3)4)16-7-5-9-18(22)11-16/h5,7,9,11,17,19H,6,8,10,12-13H2,1-4H3,(H,23,27). The molecule has 1 amide bonds. The molecule has 0 spiro atoms. The summed E-state index contributed by atoms with van der Waals surface area (Å²) in [6.07, 6.45) is 1.19. The number of likely N-dealkylation sites (N-methyl/N-ethyl adjacent to an activating group) is 1. The first-order valence-electron chi connectivity index (χ1n) is 10.2. The number of carbonyl (C=O) groups excluding carboxylic acids is 1. The monoisotopic (exact) mass is 452 g/mol. The van der Waals surface area contributed by atoms with E-state index in [9.17, 15) is 17.6 Å². The van der Waals surface area contributed by atoms with Crippen molar-refractivity contribution in [3.63, 3.8) is 0 Å². The highest BCUT2D eigenvalue weighted by Crippen LogP contribution is 2.28. The van der Waals surface area contributed by atoms with E-state index in [-0.39, 0.29) is 35.0 Å². The van der Waals surface area contributed by atoms with Gasteiger partial charge in [0.05, 0.1) is 12.0 Å². The first-order chi connectivity index (χ1) is 14.6. The Morgan fingerprint density at radius 3 is 2.74 bits per heavy atom. The number of rotatable bonds is 7. The van der Waals surface area contributed by atoms with Crippen molar-refractivity contribution < 1.29 is 22.1 Å². The van der Waals surface area contributed by atoms with Crippen LogP contribution in [-0.4, -0.2) is 62.4 Å². The number of piperidine rings is 1. The van der Waals surface area contributed by atoms with Crippen LogP contribution in [0.5, 0.6) is 0 Å². The van der Waals surface area contributed by atoms with Gasteiger partial charge in [-0.25, -0.2) is 12.8 Å². The van der Waals surface area contributed by atoms with Crippen molar-refractivity contribution in [1.29, 1.82) is 0 Å². The average Bonchev–Trinajstić information content (AvgIpc) is 3.06. The van der Waals surface area contributed by atoms with Crippen LogP contribution in [0.2, 0.25) is 0 Å². The number of hydrogen-bond acceptors (Lipinski definition) is 6. The molecule has 8 nitrogen and oxygen atoms in total. The molecule has 0 bridgehead atoms. The fraction of sp³-hybridized carbons (Fsp3) is 0.524. The van der Waals surface area contributed by atoms with Crippen LogP contribution in [0, 0.1) is 25.6 Å². The van der Waals surface area contributed by atoms with Gasteiger partial charge in [-0.2, -0.15) is 4.31 Å². The lowest BCUT2D eigenvalue weighted by molar-refractivity contribution is -0.126. The van der Waals surface area contributed by atoms with Crippen molar-refractivity contribution in [1.82, 2.24) is 19.7 Å². The molecule has 170 valence electrons. The molecule has 0 radical (unpaired) electrons. The highest BCUT2D eigenvalue weighted by Gasteiger charge is 2.36. The zero-order valence-electron chi connectivity index (χ0n) is 18.3. The van der Waals surface area contributed by atoms with Gasteiger partial charge in [-0.1, -0.05) is 17.3 Å². The highest BCUT2D eigenvalue weighted by molar-refractivity contribution is 7.89. The maximum Gasteiger partial charge on any atom is 0.248 e. The van der Waals surface area contributed by atoms with Crippen molar-refractivity contribution in [2.24, 2.45) is 5.92 Å². The maximum absolute atomic E-state index is 13.6. The summed E-state index contributed by atoms with van der Waals surface area (Å²) in [5.74, 6) is -0.752. The van der Waals surface area contributed by atoms with Gasteiger partial charge in [0.1, 0.15) is 16.4 Å². The molecule has 2 atom stereocenters. The van der Waals surface area contributed by atoms with Crippen LogP contribution in [0.1, 0.15) is 35.9 Å². The molecule has 1 fully saturated rings. The Balaban J connectivity index is 1.68. The molecule has 0 saturated carbocycles. The van der Waals surface area contributed by atoms with Gasteiger partial charge in [-0.05, 0) is 58.5 Å². The molecule has 10 heteroatoms. The molecular formula is C21H29FN4O4S. The van der Waals surface area contributed by atoms with Gasteiger partial charge < -0.3 is 14.7 Å². The summed E-state index contributed by atoms with van der Waals surface area (Å²) in [7, 11) is -0.0690. The normalized spacial score (nSPS) is 18.8. The summed E-state index contributed by atoms with van der Waals surface area (Å²) in [6.45, 7) is 3.90. The van der Waals surface area contributed by atoms with Crippen molar-refractivity contribution >= 4 is 15.9 Å². The van der Waals surface area contributed by atoms with Crippen LogP contribution in [0.15, 0.2) is 33.7 Å². The molecule has 0 aliphatic carbocycles. The molecule has 1 saturated heterocycles. The average molecular weight is 453 g/mol. The number of amides is 1. The van der Waals surface area contributed by atoms with Gasteiger partial charge in [0.25, 0.3) is 0 Å². The number of aryl methyl sites for hydroxylation is 2. The quantitative estimate of drug-likeness (QED) is 0.692. The fourth-order valence-corrected chi connectivity index (χ4v) is 5.82. The molecule has 1 aliphatic rings. The molecule has 31 heavy (non-hydrogen) atoms. The SMILES string of the molecule is Cc1noc(C)c1S(=O)(=O)N1CCCC(C(=O)NCC(c2cccc(F)c2)N(C)C)C1. The predicted molar refractivity (Wildman–Crippen MR) is 113 cm³/mol. The van der Waals surface area contributed by atoms with Gasteiger partial charge in [0.2, 0.25) is 15.9 Å². The van der Waals surface area contributed by atoms with Crippen molar-refractivity contribution in [2.75, 3.05) is 33.7 Å². The molecule has 2 unspecified atom stereocenters. The Labute approximate surface area is 182 Å². The summed E-state index contributed by atoms with van der Waals surface area (Å²) < 4.78 is 46.1. The Morgan fingerprint density at radius 1 is 1.39 bits per heavy atom. The van der Waals surface area contributed by atoms with E-state index in [2.05, 4.69) is 10.5 Å². The largest absolute Gasteiger partial charge is 0.360 e. The van der Waals surface area contributed by atoms with E-state index in [0.717, 1.165) is 5.56 Å². The molecular weight excluding hydrogens is 423 g/mol. The number of nitrogens with one attached hydrogen (secondary N) is 1. The van der Waals surface area contributed by atoms with Gasteiger partial charge in [0.15, 0.2) is 5.76 Å². The summed E-state index contributed by atoms with van der Waals surface area (Å²) in [5.41, 5.74) is 1.07. The van der Waals surface area contributed by atoms with Crippen LogP contribution in [0.4, 0.5) is 4.39 Å². The van der Waals surface area contributed by atoms with E-state index in [1.54, 1.807) is 19.9 Å². The molecule has 3 rings (SSSR count). The maximum atomic E-state index is 13.6. The van der Waals surface area contributed by atoms with Crippen molar-refractivity contribution in [2.45, 2.75) is 37.6 Å². The van der Waals surface area contributed by atoms with Crippen LogP contribution in [0.3, 0.4) is 0 Å². The lowest BCUT2D eigenvalue weighted by atomic mass is 9.98. The summed E-state index contributed by atoms with van der Waals surface area (Å²) >= 11 is 0. The van der Waals surface area contributed by atoms with E-state index < -0.39 is 15.9 Å². The molecule has 1 aromatic heterocycles. The van der Waals surface area contributed by atoms with Crippen LogP contribution >= 0.6 is 0 Å². The van der Waals surface area contributed by atoms with E-state index in [1.165, 1.54) is 16.4 Å². The number of sulfonamides is 1. The Hall–Kier alpha value is -2.30. The second-order valence-corrected chi connectivity index (χ2v) is 10.0. The number of carbonyl (C=O) groups is 1. The Morgan fingerprint density at radius 2 is 2.13 bits per heavy atom. The van der Waals surface area contributed by atoms with Gasteiger partial charge in [0, 0.05) is 19.6 Å². The fourth-order valence-electron chi connectivity index (χ4n) is 4.00. The van der Waals surface area contributed by atoms with Gasteiger partial charge >= 0.3 is 0 Å². The van der Waals surface area contributed by atoms with E-state index in [4.69, 9.17) is 4.52 Å². The molecule has 2 aromatic rings. The van der Waals surface area contributed by atoms with Crippen LogP contribution in [0.25, 0.3) is 0 Å². The van der Waals surface area contributed by atoms with Crippen molar-refractivity contribution in [3.05, 3.63) is 47.1 Å². The predicted octanol–water partition coefficient (Wildman–Crippen LogP) is 2.25. The van der Waals surface area contributed by atoms with Crippen LogP contribution in [-0.2, 0) is 14.8 Å².